The Labute approximate surface area is 284 Å². The quantitative estimate of drug-likeness (QED) is 0.135. The van der Waals surface area contributed by atoms with Crippen molar-refractivity contribution in [3.8, 4) is 5.75 Å². The van der Waals surface area contributed by atoms with Crippen LogP contribution in [0.2, 0.25) is 5.02 Å². The number of hydrogen-bond donors (Lipinski definition) is 1. The predicted octanol–water partition coefficient (Wildman–Crippen LogP) is 6.86. The summed E-state index contributed by atoms with van der Waals surface area (Å²) in [6.07, 6.45) is 1.92. The minimum atomic E-state index is -4.24. The van der Waals surface area contributed by atoms with Gasteiger partial charge in [-0.15, -0.1) is 0 Å². The van der Waals surface area contributed by atoms with E-state index < -0.39 is 28.5 Å². The normalized spacial score (nSPS) is 11.8. The minimum absolute atomic E-state index is 0.0206. The molecule has 0 saturated carbocycles. The van der Waals surface area contributed by atoms with Crippen molar-refractivity contribution in [3.63, 3.8) is 0 Å². The maximum Gasteiger partial charge on any atom is 0.264 e. The number of amides is 2. The van der Waals surface area contributed by atoms with Gasteiger partial charge in [-0.2, -0.15) is 0 Å². The van der Waals surface area contributed by atoms with Crippen LogP contribution in [0.3, 0.4) is 0 Å². The first kappa shape index (κ1) is 35.0. The van der Waals surface area contributed by atoms with Gasteiger partial charge < -0.3 is 15.0 Å². The van der Waals surface area contributed by atoms with E-state index in [0.717, 1.165) is 32.7 Å². The van der Waals surface area contributed by atoms with E-state index in [4.69, 9.17) is 16.3 Å². The standard InChI is InChI=1S/C35H37BrClN3O5S/c1-3-4-21-38-35(42)33(23-26-9-6-5-7-10-26)39(24-27-11-8-12-28(36)22-27)34(41)25-40(30-15-13-29(37)14-16-30)46(43,44)32-19-17-31(45-2)18-20-32/h5-20,22,33H,3-4,21,23-25H2,1-2H3,(H,38,42)/t33-/m0/s1. The summed E-state index contributed by atoms with van der Waals surface area (Å²) in [5.41, 5.74) is 1.90. The number of nitrogens with one attached hydrogen (secondary N) is 1. The average molecular weight is 727 g/mol. The van der Waals surface area contributed by atoms with E-state index in [1.807, 2.05) is 61.5 Å². The number of unbranched alkanes of at least 4 members (excludes halogenated alkanes) is 1. The first-order valence-corrected chi connectivity index (χ1v) is 17.5. The molecule has 1 atom stereocenters. The molecule has 8 nitrogen and oxygen atoms in total. The Balaban J connectivity index is 1.78. The van der Waals surface area contributed by atoms with Crippen LogP contribution in [0.1, 0.15) is 30.9 Å². The van der Waals surface area contributed by atoms with Crippen molar-refractivity contribution in [1.82, 2.24) is 10.2 Å². The first-order valence-electron chi connectivity index (χ1n) is 14.9. The van der Waals surface area contributed by atoms with Crippen molar-refractivity contribution >= 4 is 55.1 Å². The van der Waals surface area contributed by atoms with Gasteiger partial charge >= 0.3 is 0 Å². The Hall–Kier alpha value is -3.86. The second kappa shape index (κ2) is 16.6. The molecule has 242 valence electrons. The number of halogens is 2. The Morgan fingerprint density at radius 2 is 1.59 bits per heavy atom. The molecule has 4 aromatic carbocycles. The lowest BCUT2D eigenvalue weighted by atomic mass is 10.0. The van der Waals surface area contributed by atoms with Gasteiger partial charge in [-0.3, -0.25) is 13.9 Å². The van der Waals surface area contributed by atoms with E-state index >= 15 is 0 Å². The lowest BCUT2D eigenvalue weighted by molar-refractivity contribution is -0.140. The van der Waals surface area contributed by atoms with Crippen LogP contribution in [0.4, 0.5) is 5.69 Å². The second-order valence-electron chi connectivity index (χ2n) is 10.7. The fourth-order valence-electron chi connectivity index (χ4n) is 4.90. The zero-order valence-electron chi connectivity index (χ0n) is 25.7. The Morgan fingerprint density at radius 3 is 2.22 bits per heavy atom. The third-order valence-corrected chi connectivity index (χ3v) is 9.92. The molecular formula is C35H37BrClN3O5S. The molecular weight excluding hydrogens is 690 g/mol. The highest BCUT2D eigenvalue weighted by molar-refractivity contribution is 9.10. The highest BCUT2D eigenvalue weighted by atomic mass is 79.9. The molecule has 0 bridgehead atoms. The molecule has 0 aliphatic carbocycles. The number of benzene rings is 4. The maximum atomic E-state index is 14.5. The van der Waals surface area contributed by atoms with E-state index in [1.54, 1.807) is 36.4 Å². The minimum Gasteiger partial charge on any atom is -0.497 e. The van der Waals surface area contributed by atoms with Crippen LogP contribution in [0, 0.1) is 0 Å². The van der Waals surface area contributed by atoms with Crippen molar-refractivity contribution in [3.05, 3.63) is 124 Å². The molecule has 46 heavy (non-hydrogen) atoms. The molecule has 2 amide bonds. The second-order valence-corrected chi connectivity index (χ2v) is 13.9. The van der Waals surface area contributed by atoms with Gasteiger partial charge in [0.2, 0.25) is 11.8 Å². The van der Waals surface area contributed by atoms with E-state index in [2.05, 4.69) is 21.2 Å². The van der Waals surface area contributed by atoms with Crippen molar-refractivity contribution in [2.45, 2.75) is 43.7 Å². The van der Waals surface area contributed by atoms with Crippen LogP contribution in [0.15, 0.2) is 112 Å². The van der Waals surface area contributed by atoms with Crippen LogP contribution in [-0.4, -0.2) is 51.4 Å². The van der Waals surface area contributed by atoms with Crippen molar-refractivity contribution in [2.24, 2.45) is 0 Å². The predicted molar refractivity (Wildman–Crippen MR) is 186 cm³/mol. The smallest absolute Gasteiger partial charge is 0.264 e. The maximum absolute atomic E-state index is 14.5. The van der Waals surface area contributed by atoms with E-state index in [-0.39, 0.29) is 29.5 Å². The summed E-state index contributed by atoms with van der Waals surface area (Å²) in [6.45, 7) is 2.01. The van der Waals surface area contributed by atoms with Crippen LogP contribution in [0.5, 0.6) is 5.75 Å². The van der Waals surface area contributed by atoms with Crippen molar-refractivity contribution in [1.29, 1.82) is 0 Å². The number of carbonyl (C=O) groups excluding carboxylic acids is 2. The summed E-state index contributed by atoms with van der Waals surface area (Å²) >= 11 is 9.64. The lowest BCUT2D eigenvalue weighted by Gasteiger charge is -2.34. The number of methoxy groups -OCH3 is 1. The molecule has 0 aromatic heterocycles. The van der Waals surface area contributed by atoms with Gasteiger partial charge in [-0.1, -0.05) is 83.3 Å². The van der Waals surface area contributed by atoms with Gasteiger partial charge in [0.05, 0.1) is 17.7 Å². The summed E-state index contributed by atoms with van der Waals surface area (Å²) in [5.74, 6) is -0.360. The highest BCUT2D eigenvalue weighted by Gasteiger charge is 2.34. The summed E-state index contributed by atoms with van der Waals surface area (Å²) < 4.78 is 35.4. The van der Waals surface area contributed by atoms with Gasteiger partial charge in [0.1, 0.15) is 18.3 Å². The third kappa shape index (κ3) is 9.34. The number of anilines is 1. The van der Waals surface area contributed by atoms with Crippen LogP contribution in [0.25, 0.3) is 0 Å². The average Bonchev–Trinajstić information content (AvgIpc) is 3.06. The van der Waals surface area contributed by atoms with Gasteiger partial charge in [-0.25, -0.2) is 8.42 Å². The zero-order chi connectivity index (χ0) is 33.1. The number of nitrogens with zero attached hydrogens (tertiary/aromatic N) is 2. The first-order chi connectivity index (χ1) is 22.1. The number of carbonyl (C=O) groups is 2. The monoisotopic (exact) mass is 725 g/mol. The molecule has 0 saturated heterocycles. The molecule has 0 aliphatic heterocycles. The van der Waals surface area contributed by atoms with E-state index in [1.165, 1.54) is 24.1 Å². The number of hydrogen-bond acceptors (Lipinski definition) is 5. The molecule has 0 spiro atoms. The molecule has 0 aliphatic rings. The molecule has 0 radical (unpaired) electrons. The molecule has 4 aromatic rings. The van der Waals surface area contributed by atoms with Crippen molar-refractivity contribution in [2.75, 3.05) is 24.5 Å². The largest absolute Gasteiger partial charge is 0.497 e. The van der Waals surface area contributed by atoms with Crippen LogP contribution >= 0.6 is 27.5 Å². The fourth-order valence-corrected chi connectivity index (χ4v) is 6.89. The van der Waals surface area contributed by atoms with Gasteiger partial charge in [0.25, 0.3) is 10.0 Å². The van der Waals surface area contributed by atoms with Gasteiger partial charge in [0, 0.05) is 29.0 Å². The van der Waals surface area contributed by atoms with Crippen molar-refractivity contribution < 1.29 is 22.7 Å². The van der Waals surface area contributed by atoms with Gasteiger partial charge in [0.15, 0.2) is 0 Å². The Morgan fingerprint density at radius 1 is 0.913 bits per heavy atom. The molecule has 11 heteroatoms. The highest BCUT2D eigenvalue weighted by Crippen LogP contribution is 2.27. The number of rotatable bonds is 15. The Kier molecular flexibility index (Phi) is 12.7. The summed E-state index contributed by atoms with van der Waals surface area (Å²) in [6, 6.07) is 28.2. The number of ether oxygens (including phenoxy) is 1. The zero-order valence-corrected chi connectivity index (χ0v) is 28.9. The molecule has 0 heterocycles. The summed E-state index contributed by atoms with van der Waals surface area (Å²) in [4.78, 5) is 29.8. The fraction of sp³-hybridized carbons (Fsp3) is 0.257. The van der Waals surface area contributed by atoms with Crippen LogP contribution in [-0.2, 0) is 32.6 Å². The van der Waals surface area contributed by atoms with Crippen LogP contribution < -0.4 is 14.4 Å². The molecule has 0 fully saturated rings. The van der Waals surface area contributed by atoms with E-state index in [0.29, 0.717) is 17.3 Å². The van der Waals surface area contributed by atoms with E-state index in [9.17, 15) is 18.0 Å². The number of sulfonamides is 1. The topological polar surface area (TPSA) is 96.0 Å². The summed E-state index contributed by atoms with van der Waals surface area (Å²) in [7, 11) is -2.75. The SMILES string of the molecule is CCCCNC(=O)[C@H](Cc1ccccc1)N(Cc1cccc(Br)c1)C(=O)CN(c1ccc(Cl)cc1)S(=O)(=O)c1ccc(OC)cc1. The lowest BCUT2D eigenvalue weighted by Crippen LogP contribution is -2.53. The Bertz CT molecular complexity index is 1700. The molecule has 0 unspecified atom stereocenters. The van der Waals surface area contributed by atoms with Gasteiger partial charge in [-0.05, 0) is 78.2 Å². The molecule has 1 N–H and O–H groups in total. The summed E-state index contributed by atoms with van der Waals surface area (Å²) in [5, 5.41) is 3.41. The third-order valence-electron chi connectivity index (χ3n) is 7.38. The molecule has 4 rings (SSSR count).